The van der Waals surface area contributed by atoms with Gasteiger partial charge in [-0.1, -0.05) is 12.8 Å². The Kier molecular flexibility index (Phi) is 6.13. The number of benzene rings is 1. The first-order valence-corrected chi connectivity index (χ1v) is 9.97. The highest BCUT2D eigenvalue weighted by atomic mass is 32.2. The molecule has 1 heterocycles. The number of rotatable bonds is 5. The fraction of sp³-hybridized carbons (Fsp3) is 0.556. The lowest BCUT2D eigenvalue weighted by Crippen LogP contribution is -2.52. The smallest absolute Gasteiger partial charge is 0.269 e. The maximum absolute atomic E-state index is 12.4. The fourth-order valence-corrected chi connectivity index (χ4v) is 4.31. The van der Waals surface area contributed by atoms with E-state index in [4.69, 9.17) is 0 Å². The normalized spacial score (nSPS) is 18.2. The third-order valence-corrected chi connectivity index (χ3v) is 6.06. The van der Waals surface area contributed by atoms with Crippen LogP contribution in [-0.2, 0) is 9.59 Å². The molecule has 7 nitrogen and oxygen atoms in total. The molecule has 1 saturated heterocycles. The number of nitrogens with zero attached hydrogens (tertiary/aromatic N) is 3. The van der Waals surface area contributed by atoms with Gasteiger partial charge in [-0.15, -0.1) is 11.8 Å². The van der Waals surface area contributed by atoms with E-state index in [0.29, 0.717) is 31.9 Å². The topological polar surface area (TPSA) is 83.8 Å². The van der Waals surface area contributed by atoms with Gasteiger partial charge in [0.05, 0.1) is 10.7 Å². The third-order valence-electron chi connectivity index (χ3n) is 5.06. The number of carbonyl (C=O) groups is 2. The summed E-state index contributed by atoms with van der Waals surface area (Å²) in [5.74, 6) is 0.792. The first kappa shape index (κ1) is 18.7. The molecule has 2 aliphatic rings. The van der Waals surface area contributed by atoms with Crippen LogP contribution in [0.15, 0.2) is 29.2 Å². The molecule has 1 aliphatic carbocycles. The molecule has 1 saturated carbocycles. The van der Waals surface area contributed by atoms with Crippen LogP contribution in [0.1, 0.15) is 25.7 Å². The molecule has 0 bridgehead atoms. The first-order valence-electron chi connectivity index (χ1n) is 8.98. The van der Waals surface area contributed by atoms with Crippen molar-refractivity contribution in [1.82, 2.24) is 9.80 Å². The van der Waals surface area contributed by atoms with Gasteiger partial charge in [0.25, 0.3) is 5.69 Å². The lowest BCUT2D eigenvalue weighted by Gasteiger charge is -2.36. The van der Waals surface area contributed by atoms with E-state index in [1.807, 2.05) is 4.90 Å². The molecule has 2 amide bonds. The number of nitro groups is 1. The van der Waals surface area contributed by atoms with E-state index in [0.717, 1.165) is 30.6 Å². The van der Waals surface area contributed by atoms with E-state index < -0.39 is 4.92 Å². The summed E-state index contributed by atoms with van der Waals surface area (Å²) in [6.45, 7) is 2.39. The van der Waals surface area contributed by atoms with E-state index in [1.54, 1.807) is 17.0 Å². The molecular formula is C18H23N3O4S. The average Bonchev–Trinajstić information content (AvgIpc) is 3.20. The van der Waals surface area contributed by atoms with E-state index in [1.165, 1.54) is 23.9 Å². The van der Waals surface area contributed by atoms with Gasteiger partial charge in [0.1, 0.15) is 0 Å². The van der Waals surface area contributed by atoms with Gasteiger partial charge in [-0.05, 0) is 25.0 Å². The minimum absolute atomic E-state index is 0.0429. The number of nitro benzene ring substituents is 1. The summed E-state index contributed by atoms with van der Waals surface area (Å²) in [6.07, 6.45) is 4.30. The number of non-ortho nitro benzene ring substituents is 1. The van der Waals surface area contributed by atoms with Gasteiger partial charge in [0.15, 0.2) is 0 Å². The van der Waals surface area contributed by atoms with Crippen molar-refractivity contribution < 1.29 is 14.5 Å². The number of hydrogen-bond donors (Lipinski definition) is 0. The van der Waals surface area contributed by atoms with Crippen molar-refractivity contribution in [2.75, 3.05) is 31.9 Å². The number of carbonyl (C=O) groups excluding carboxylic acids is 2. The van der Waals surface area contributed by atoms with Crippen molar-refractivity contribution in [2.45, 2.75) is 30.6 Å². The van der Waals surface area contributed by atoms with Crippen LogP contribution < -0.4 is 0 Å². The van der Waals surface area contributed by atoms with E-state index >= 15 is 0 Å². The molecule has 0 atom stereocenters. The van der Waals surface area contributed by atoms with E-state index in [-0.39, 0.29) is 23.4 Å². The van der Waals surface area contributed by atoms with Crippen molar-refractivity contribution in [3.05, 3.63) is 34.4 Å². The van der Waals surface area contributed by atoms with Crippen LogP contribution in [0.25, 0.3) is 0 Å². The molecule has 0 N–H and O–H groups in total. The van der Waals surface area contributed by atoms with Crippen molar-refractivity contribution in [1.29, 1.82) is 0 Å². The SMILES string of the molecule is O=C(CSc1ccc([N+](=O)[O-])cc1)N1CCN(C(=O)C2CCCC2)CC1. The zero-order valence-electron chi connectivity index (χ0n) is 14.6. The highest BCUT2D eigenvalue weighted by molar-refractivity contribution is 8.00. The Morgan fingerprint density at radius 3 is 2.19 bits per heavy atom. The minimum Gasteiger partial charge on any atom is -0.339 e. The molecule has 8 heteroatoms. The summed E-state index contributed by atoms with van der Waals surface area (Å²) in [6, 6.07) is 6.21. The van der Waals surface area contributed by atoms with Crippen LogP contribution >= 0.6 is 11.8 Å². The number of thioether (sulfide) groups is 1. The molecule has 3 rings (SSSR count). The average molecular weight is 377 g/mol. The summed E-state index contributed by atoms with van der Waals surface area (Å²) in [5, 5.41) is 10.7. The minimum atomic E-state index is -0.439. The molecule has 140 valence electrons. The molecule has 2 fully saturated rings. The second kappa shape index (κ2) is 8.53. The molecule has 1 aliphatic heterocycles. The largest absolute Gasteiger partial charge is 0.339 e. The van der Waals surface area contributed by atoms with E-state index in [9.17, 15) is 19.7 Å². The summed E-state index contributed by atoms with van der Waals surface area (Å²) in [7, 11) is 0. The van der Waals surface area contributed by atoms with Gasteiger partial charge in [0.2, 0.25) is 11.8 Å². The van der Waals surface area contributed by atoms with Crippen LogP contribution in [0.3, 0.4) is 0 Å². The van der Waals surface area contributed by atoms with E-state index in [2.05, 4.69) is 0 Å². The summed E-state index contributed by atoms with van der Waals surface area (Å²) < 4.78 is 0. The standard InChI is InChI=1S/C18H23N3O4S/c22-17(13-26-16-7-5-15(6-8-16)21(24)25)19-9-11-20(12-10-19)18(23)14-3-1-2-4-14/h5-8,14H,1-4,9-13H2. The lowest BCUT2D eigenvalue weighted by atomic mass is 10.1. The Bertz CT molecular complexity index is 666. The number of hydrogen-bond acceptors (Lipinski definition) is 5. The van der Waals surface area contributed by atoms with Crippen molar-refractivity contribution in [3.63, 3.8) is 0 Å². The number of piperazine rings is 1. The van der Waals surface area contributed by atoms with Gasteiger partial charge in [-0.3, -0.25) is 19.7 Å². The van der Waals surface area contributed by atoms with Crippen LogP contribution in [0.4, 0.5) is 5.69 Å². The van der Waals surface area contributed by atoms with Gasteiger partial charge < -0.3 is 9.80 Å². The molecule has 1 aromatic rings. The predicted molar refractivity (Wildman–Crippen MR) is 98.9 cm³/mol. The van der Waals surface area contributed by atoms with Gasteiger partial charge in [0, 0.05) is 49.1 Å². The second-order valence-corrected chi connectivity index (χ2v) is 7.78. The van der Waals surface area contributed by atoms with Gasteiger partial charge in [-0.25, -0.2) is 0 Å². The zero-order valence-corrected chi connectivity index (χ0v) is 15.5. The Labute approximate surface area is 156 Å². The first-order chi connectivity index (χ1) is 12.5. The number of amides is 2. The molecule has 1 aromatic carbocycles. The van der Waals surface area contributed by atoms with Crippen LogP contribution in [0.2, 0.25) is 0 Å². The van der Waals surface area contributed by atoms with Crippen LogP contribution in [0.5, 0.6) is 0 Å². The third kappa shape index (κ3) is 4.55. The maximum atomic E-state index is 12.4. The Hall–Kier alpha value is -2.09. The predicted octanol–water partition coefficient (Wildman–Crippen LogP) is 2.55. The second-order valence-electron chi connectivity index (χ2n) is 6.73. The molecule has 0 spiro atoms. The summed E-state index contributed by atoms with van der Waals surface area (Å²) in [5.41, 5.74) is 0.0451. The fourth-order valence-electron chi connectivity index (χ4n) is 3.51. The Balaban J connectivity index is 1.43. The Morgan fingerprint density at radius 2 is 1.62 bits per heavy atom. The van der Waals surface area contributed by atoms with Gasteiger partial charge >= 0.3 is 0 Å². The zero-order chi connectivity index (χ0) is 18.5. The highest BCUT2D eigenvalue weighted by Gasteiger charge is 2.30. The highest BCUT2D eigenvalue weighted by Crippen LogP contribution is 2.27. The molecule has 0 unspecified atom stereocenters. The Morgan fingerprint density at radius 1 is 1.04 bits per heavy atom. The quantitative estimate of drug-likeness (QED) is 0.447. The lowest BCUT2D eigenvalue weighted by molar-refractivity contribution is -0.384. The van der Waals surface area contributed by atoms with Crippen LogP contribution in [0, 0.1) is 16.0 Å². The van der Waals surface area contributed by atoms with Crippen molar-refractivity contribution in [3.8, 4) is 0 Å². The molecule has 0 aromatic heterocycles. The summed E-state index contributed by atoms with van der Waals surface area (Å²) >= 11 is 1.38. The maximum Gasteiger partial charge on any atom is 0.269 e. The summed E-state index contributed by atoms with van der Waals surface area (Å²) in [4.78, 5) is 39.6. The molecular weight excluding hydrogens is 354 g/mol. The van der Waals surface area contributed by atoms with Crippen molar-refractivity contribution >= 4 is 29.3 Å². The van der Waals surface area contributed by atoms with Crippen LogP contribution in [-0.4, -0.2) is 58.5 Å². The van der Waals surface area contributed by atoms with Gasteiger partial charge in [-0.2, -0.15) is 0 Å². The molecule has 26 heavy (non-hydrogen) atoms. The monoisotopic (exact) mass is 377 g/mol. The van der Waals surface area contributed by atoms with Crippen molar-refractivity contribution in [2.24, 2.45) is 5.92 Å². The molecule has 0 radical (unpaired) electrons.